The molecule has 0 heterocycles. The lowest BCUT2D eigenvalue weighted by Crippen LogP contribution is -1.97. The van der Waals surface area contributed by atoms with Gasteiger partial charge in [-0.15, -0.1) is 0 Å². The van der Waals surface area contributed by atoms with E-state index in [0.717, 1.165) is 12.0 Å². The average Bonchev–Trinajstić information content (AvgIpc) is 2.17. The van der Waals surface area contributed by atoms with E-state index in [4.69, 9.17) is 5.21 Å². The van der Waals surface area contributed by atoms with Gasteiger partial charge in [-0.2, -0.15) is 0 Å². The molecule has 0 saturated carbocycles. The number of nitrogens with zero attached hydrogens (tertiary/aromatic N) is 1. The zero-order valence-corrected chi connectivity index (χ0v) is 8.99. The van der Waals surface area contributed by atoms with Crippen LogP contribution in [0.5, 0.6) is 0 Å². The molecule has 0 saturated heterocycles. The minimum atomic E-state index is 0.654. The lowest BCUT2D eigenvalue weighted by atomic mass is 10.0. The van der Waals surface area contributed by atoms with E-state index < -0.39 is 0 Å². The predicted molar refractivity (Wildman–Crippen MR) is 59.0 cm³/mol. The Morgan fingerprint density at radius 1 is 1.29 bits per heavy atom. The molecule has 0 bridgehead atoms. The fraction of sp³-hybridized carbons (Fsp3) is 0.417. The van der Waals surface area contributed by atoms with Gasteiger partial charge >= 0.3 is 0 Å². The van der Waals surface area contributed by atoms with E-state index in [1.807, 2.05) is 12.1 Å². The van der Waals surface area contributed by atoms with Crippen molar-refractivity contribution < 1.29 is 5.21 Å². The van der Waals surface area contributed by atoms with Crippen molar-refractivity contribution in [2.45, 2.75) is 27.2 Å². The third-order valence-electron chi connectivity index (χ3n) is 2.17. The van der Waals surface area contributed by atoms with Crippen molar-refractivity contribution in [3.8, 4) is 0 Å². The molecule has 0 spiro atoms. The summed E-state index contributed by atoms with van der Waals surface area (Å²) in [6.45, 7) is 6.19. The third kappa shape index (κ3) is 2.87. The summed E-state index contributed by atoms with van der Waals surface area (Å²) >= 11 is 0. The summed E-state index contributed by atoms with van der Waals surface area (Å²) in [6.07, 6.45) is 1.09. The molecule has 0 fully saturated rings. The van der Waals surface area contributed by atoms with Crippen LogP contribution in [-0.4, -0.2) is 10.9 Å². The molecular formula is C12H17NO. The Morgan fingerprint density at radius 3 is 2.29 bits per heavy atom. The molecule has 0 amide bonds. The highest BCUT2D eigenvalue weighted by molar-refractivity contribution is 5.98. The molecule has 0 atom stereocenters. The molecule has 0 aliphatic heterocycles. The molecule has 0 aliphatic carbocycles. The zero-order valence-electron chi connectivity index (χ0n) is 8.99. The first-order chi connectivity index (χ1) is 6.63. The second-order valence-corrected chi connectivity index (χ2v) is 3.98. The van der Waals surface area contributed by atoms with Crippen LogP contribution in [0.1, 0.15) is 31.9 Å². The molecule has 1 rings (SSSR count). The molecule has 1 aromatic rings. The van der Waals surface area contributed by atoms with Gasteiger partial charge in [0.2, 0.25) is 0 Å². The van der Waals surface area contributed by atoms with E-state index in [2.05, 4.69) is 31.1 Å². The van der Waals surface area contributed by atoms with Crippen LogP contribution < -0.4 is 0 Å². The summed E-state index contributed by atoms with van der Waals surface area (Å²) in [4.78, 5) is 0. The largest absolute Gasteiger partial charge is 0.411 e. The van der Waals surface area contributed by atoms with Crippen molar-refractivity contribution >= 4 is 5.71 Å². The lowest BCUT2D eigenvalue weighted by Gasteiger charge is -2.05. The van der Waals surface area contributed by atoms with Crippen LogP contribution in [0, 0.1) is 5.92 Å². The highest BCUT2D eigenvalue weighted by Crippen LogP contribution is 2.10. The Kier molecular flexibility index (Phi) is 3.69. The van der Waals surface area contributed by atoms with Crippen LogP contribution in [0.2, 0.25) is 0 Å². The van der Waals surface area contributed by atoms with Crippen LogP contribution in [0.25, 0.3) is 0 Å². The molecule has 0 radical (unpaired) electrons. The molecule has 2 heteroatoms. The topological polar surface area (TPSA) is 32.6 Å². The third-order valence-corrected chi connectivity index (χ3v) is 2.17. The first-order valence-electron chi connectivity index (χ1n) is 4.91. The fourth-order valence-electron chi connectivity index (χ4n) is 1.41. The summed E-state index contributed by atoms with van der Waals surface area (Å²) < 4.78 is 0. The summed E-state index contributed by atoms with van der Waals surface area (Å²) in [6, 6.07) is 8.16. The minimum absolute atomic E-state index is 0.654. The van der Waals surface area contributed by atoms with Crippen LogP contribution in [0.4, 0.5) is 0 Å². The van der Waals surface area contributed by atoms with Crippen LogP contribution in [0.3, 0.4) is 0 Å². The maximum Gasteiger partial charge on any atom is 0.0836 e. The normalized spacial score (nSPS) is 12.1. The van der Waals surface area contributed by atoms with Crippen molar-refractivity contribution in [3.63, 3.8) is 0 Å². The Hall–Kier alpha value is -1.31. The van der Waals surface area contributed by atoms with E-state index in [1.165, 1.54) is 5.56 Å². The van der Waals surface area contributed by atoms with Crippen molar-refractivity contribution in [2.75, 3.05) is 0 Å². The SMILES string of the molecule is CC(=NO)c1ccc(CC(C)C)cc1. The van der Waals surface area contributed by atoms with Crippen molar-refractivity contribution in [2.24, 2.45) is 11.1 Å². The van der Waals surface area contributed by atoms with E-state index >= 15 is 0 Å². The zero-order chi connectivity index (χ0) is 10.6. The van der Waals surface area contributed by atoms with E-state index in [0.29, 0.717) is 11.6 Å². The number of hydrogen-bond donors (Lipinski definition) is 1. The minimum Gasteiger partial charge on any atom is -0.411 e. The van der Waals surface area contributed by atoms with E-state index in [-0.39, 0.29) is 0 Å². The van der Waals surface area contributed by atoms with Crippen LogP contribution in [0.15, 0.2) is 29.4 Å². The second kappa shape index (κ2) is 4.80. The summed E-state index contributed by atoms with van der Waals surface area (Å²) in [5.74, 6) is 0.674. The molecule has 0 aliphatic rings. The monoisotopic (exact) mass is 191 g/mol. The molecule has 2 nitrogen and oxygen atoms in total. The van der Waals surface area contributed by atoms with Gasteiger partial charge in [0.15, 0.2) is 0 Å². The first kappa shape index (κ1) is 10.8. The maximum absolute atomic E-state index is 8.59. The highest BCUT2D eigenvalue weighted by atomic mass is 16.4. The quantitative estimate of drug-likeness (QED) is 0.444. The van der Waals surface area contributed by atoms with Crippen LogP contribution in [-0.2, 0) is 6.42 Å². The molecule has 76 valence electrons. The van der Waals surface area contributed by atoms with Gasteiger partial charge in [-0.3, -0.25) is 0 Å². The number of oxime groups is 1. The highest BCUT2D eigenvalue weighted by Gasteiger charge is 2.00. The van der Waals surface area contributed by atoms with Gasteiger partial charge in [-0.05, 0) is 30.4 Å². The molecular weight excluding hydrogens is 174 g/mol. The maximum atomic E-state index is 8.59. The Morgan fingerprint density at radius 2 is 1.86 bits per heavy atom. The Balaban J connectivity index is 2.78. The number of hydrogen-bond acceptors (Lipinski definition) is 2. The number of rotatable bonds is 3. The van der Waals surface area contributed by atoms with Gasteiger partial charge in [0.25, 0.3) is 0 Å². The Bertz CT molecular complexity index is 312. The van der Waals surface area contributed by atoms with Gasteiger partial charge < -0.3 is 5.21 Å². The second-order valence-electron chi connectivity index (χ2n) is 3.98. The van der Waals surface area contributed by atoms with Gasteiger partial charge in [0.1, 0.15) is 0 Å². The molecule has 14 heavy (non-hydrogen) atoms. The standard InChI is InChI=1S/C12H17NO/c1-9(2)8-11-4-6-12(7-5-11)10(3)13-14/h4-7,9,14H,8H2,1-3H3. The van der Waals surface area contributed by atoms with Crippen molar-refractivity contribution in [1.82, 2.24) is 0 Å². The van der Waals surface area contributed by atoms with Crippen molar-refractivity contribution in [1.29, 1.82) is 0 Å². The summed E-state index contributed by atoms with van der Waals surface area (Å²) in [5.41, 5.74) is 2.95. The van der Waals surface area contributed by atoms with Gasteiger partial charge in [-0.1, -0.05) is 43.3 Å². The van der Waals surface area contributed by atoms with E-state index in [9.17, 15) is 0 Å². The molecule has 0 unspecified atom stereocenters. The van der Waals surface area contributed by atoms with Gasteiger partial charge in [0.05, 0.1) is 5.71 Å². The lowest BCUT2D eigenvalue weighted by molar-refractivity contribution is 0.319. The Labute approximate surface area is 85.3 Å². The van der Waals surface area contributed by atoms with E-state index in [1.54, 1.807) is 6.92 Å². The fourth-order valence-corrected chi connectivity index (χ4v) is 1.41. The smallest absolute Gasteiger partial charge is 0.0836 e. The van der Waals surface area contributed by atoms with Gasteiger partial charge in [-0.25, -0.2) is 0 Å². The predicted octanol–water partition coefficient (Wildman–Crippen LogP) is 3.08. The molecule has 1 aromatic carbocycles. The van der Waals surface area contributed by atoms with Gasteiger partial charge in [0, 0.05) is 0 Å². The van der Waals surface area contributed by atoms with Crippen molar-refractivity contribution in [3.05, 3.63) is 35.4 Å². The summed E-state index contributed by atoms with van der Waals surface area (Å²) in [7, 11) is 0. The van der Waals surface area contributed by atoms with Crippen LogP contribution >= 0.6 is 0 Å². The first-order valence-corrected chi connectivity index (χ1v) is 4.91. The number of benzene rings is 1. The molecule has 0 aromatic heterocycles. The summed E-state index contributed by atoms with van der Waals surface area (Å²) in [5, 5.41) is 11.8. The average molecular weight is 191 g/mol. The molecule has 1 N–H and O–H groups in total.